The monoisotopic (exact) mass is 268 g/mol. The minimum absolute atomic E-state index is 0.0160. The van der Waals surface area contributed by atoms with Crippen molar-refractivity contribution in [3.63, 3.8) is 0 Å². The maximum absolute atomic E-state index is 12.7. The summed E-state index contributed by atoms with van der Waals surface area (Å²) in [6, 6.07) is 7.43. The molecule has 2 aromatic rings. The molecule has 5 N–H and O–H groups in total. The first kappa shape index (κ1) is 13.1. The van der Waals surface area contributed by atoms with Crippen molar-refractivity contribution >= 4 is 11.4 Å². The van der Waals surface area contributed by atoms with Gasteiger partial charge in [-0.25, -0.2) is 0 Å². The van der Waals surface area contributed by atoms with Gasteiger partial charge in [0.25, 0.3) is 0 Å². The molecular weight excluding hydrogens is 257 g/mol. The molecule has 0 heterocycles. The van der Waals surface area contributed by atoms with Gasteiger partial charge in [0, 0.05) is 5.56 Å². The van der Waals surface area contributed by atoms with Crippen molar-refractivity contribution in [2.45, 2.75) is 6.18 Å². The van der Waals surface area contributed by atoms with E-state index in [4.69, 9.17) is 11.5 Å². The average Bonchev–Trinajstić information content (AvgIpc) is 2.32. The summed E-state index contributed by atoms with van der Waals surface area (Å²) < 4.78 is 38.2. The van der Waals surface area contributed by atoms with E-state index in [0.717, 1.165) is 12.1 Å². The van der Waals surface area contributed by atoms with Crippen LogP contribution in [0.5, 0.6) is 5.75 Å². The molecule has 0 radical (unpaired) electrons. The van der Waals surface area contributed by atoms with Gasteiger partial charge in [0.15, 0.2) is 0 Å². The molecule has 3 nitrogen and oxygen atoms in total. The van der Waals surface area contributed by atoms with E-state index in [9.17, 15) is 18.3 Å². The van der Waals surface area contributed by atoms with E-state index < -0.39 is 11.7 Å². The van der Waals surface area contributed by atoms with E-state index in [2.05, 4.69) is 0 Å². The van der Waals surface area contributed by atoms with Gasteiger partial charge in [-0.15, -0.1) is 0 Å². The zero-order chi connectivity index (χ0) is 14.2. The Bertz CT molecular complexity index is 607. The van der Waals surface area contributed by atoms with Gasteiger partial charge in [-0.2, -0.15) is 13.2 Å². The lowest BCUT2D eigenvalue weighted by Crippen LogP contribution is -2.08. The molecule has 6 heteroatoms. The van der Waals surface area contributed by atoms with Crippen LogP contribution in [0.15, 0.2) is 36.4 Å². The molecule has 0 unspecified atom stereocenters. The third-order valence-electron chi connectivity index (χ3n) is 2.72. The fraction of sp³-hybridized carbons (Fsp3) is 0.0769. The topological polar surface area (TPSA) is 72.3 Å². The van der Waals surface area contributed by atoms with Crippen LogP contribution in [0.25, 0.3) is 11.1 Å². The molecule has 0 aliphatic rings. The summed E-state index contributed by atoms with van der Waals surface area (Å²) in [5.74, 6) is 0.0160. The van der Waals surface area contributed by atoms with Crippen molar-refractivity contribution in [3.05, 3.63) is 42.0 Å². The molecule has 0 bridgehead atoms. The standard InChI is InChI=1S/C13H11F3N2O/c14-13(15,16)8-5-10(12(18)11(17)6-8)7-1-3-9(19)4-2-7/h1-6,19H,17-18H2. The first-order chi connectivity index (χ1) is 8.79. The first-order valence-electron chi connectivity index (χ1n) is 5.34. The number of phenols is 1. The molecular formula is C13H11F3N2O. The Kier molecular flexibility index (Phi) is 3.01. The van der Waals surface area contributed by atoms with Crippen LogP contribution in [0.1, 0.15) is 5.56 Å². The molecule has 0 fully saturated rings. The number of anilines is 2. The van der Waals surface area contributed by atoms with Gasteiger partial charge in [0.1, 0.15) is 5.75 Å². The maximum Gasteiger partial charge on any atom is 0.416 e. The SMILES string of the molecule is Nc1cc(C(F)(F)F)cc(-c2ccc(O)cc2)c1N. The Labute approximate surface area is 107 Å². The smallest absolute Gasteiger partial charge is 0.416 e. The number of hydrogen-bond donors (Lipinski definition) is 3. The number of rotatable bonds is 1. The van der Waals surface area contributed by atoms with E-state index >= 15 is 0 Å². The maximum atomic E-state index is 12.7. The molecule has 0 spiro atoms. The summed E-state index contributed by atoms with van der Waals surface area (Å²) in [7, 11) is 0. The van der Waals surface area contributed by atoms with E-state index in [-0.39, 0.29) is 22.7 Å². The number of nitrogens with two attached hydrogens (primary N) is 2. The lowest BCUT2D eigenvalue weighted by molar-refractivity contribution is -0.137. The molecule has 0 aromatic heterocycles. The number of benzene rings is 2. The normalized spacial score (nSPS) is 11.5. The van der Waals surface area contributed by atoms with E-state index in [0.29, 0.717) is 5.56 Å². The number of nitrogen functional groups attached to an aromatic ring is 2. The minimum Gasteiger partial charge on any atom is -0.508 e. The second kappa shape index (κ2) is 4.38. The number of phenolic OH excluding ortho intramolecular Hbond substituents is 1. The predicted molar refractivity (Wildman–Crippen MR) is 67.4 cm³/mol. The second-order valence-electron chi connectivity index (χ2n) is 4.07. The summed E-state index contributed by atoms with van der Waals surface area (Å²) in [6.45, 7) is 0. The van der Waals surface area contributed by atoms with Gasteiger partial charge in [0.2, 0.25) is 0 Å². The molecule has 0 aliphatic heterocycles. The van der Waals surface area contributed by atoms with E-state index in [1.165, 1.54) is 24.3 Å². The zero-order valence-corrected chi connectivity index (χ0v) is 9.70. The third-order valence-corrected chi connectivity index (χ3v) is 2.72. The predicted octanol–water partition coefficient (Wildman–Crippen LogP) is 3.24. The number of aromatic hydroxyl groups is 1. The van der Waals surface area contributed by atoms with Crippen molar-refractivity contribution < 1.29 is 18.3 Å². The Hall–Kier alpha value is -2.37. The molecule has 19 heavy (non-hydrogen) atoms. The lowest BCUT2D eigenvalue weighted by Gasteiger charge is -2.14. The minimum atomic E-state index is -4.49. The van der Waals surface area contributed by atoms with Crippen LogP contribution in [0.3, 0.4) is 0 Å². The van der Waals surface area contributed by atoms with Crippen LogP contribution in [0.4, 0.5) is 24.5 Å². The van der Waals surface area contributed by atoms with Gasteiger partial charge in [-0.3, -0.25) is 0 Å². The molecule has 0 aliphatic carbocycles. The molecule has 0 saturated carbocycles. The number of halogens is 3. The van der Waals surface area contributed by atoms with Crippen LogP contribution in [0, 0.1) is 0 Å². The quantitative estimate of drug-likeness (QED) is 0.695. The van der Waals surface area contributed by atoms with Crippen LogP contribution < -0.4 is 11.5 Å². The fourth-order valence-corrected chi connectivity index (χ4v) is 1.72. The number of hydrogen-bond acceptors (Lipinski definition) is 3. The average molecular weight is 268 g/mol. The van der Waals surface area contributed by atoms with Crippen LogP contribution in [-0.2, 0) is 6.18 Å². The number of alkyl halides is 3. The summed E-state index contributed by atoms with van der Waals surface area (Å²) in [5, 5.41) is 9.18. The van der Waals surface area contributed by atoms with Gasteiger partial charge in [-0.05, 0) is 29.8 Å². The van der Waals surface area contributed by atoms with Crippen LogP contribution in [-0.4, -0.2) is 5.11 Å². The highest BCUT2D eigenvalue weighted by molar-refractivity contribution is 5.85. The zero-order valence-electron chi connectivity index (χ0n) is 9.70. The third kappa shape index (κ3) is 2.57. The van der Waals surface area contributed by atoms with E-state index in [1.807, 2.05) is 0 Å². The van der Waals surface area contributed by atoms with Crippen molar-refractivity contribution in [1.82, 2.24) is 0 Å². The Morgan fingerprint density at radius 3 is 2.05 bits per heavy atom. The molecule has 2 aromatic carbocycles. The van der Waals surface area contributed by atoms with Crippen LogP contribution in [0.2, 0.25) is 0 Å². The Balaban J connectivity index is 2.62. The van der Waals surface area contributed by atoms with Gasteiger partial charge < -0.3 is 16.6 Å². The molecule has 2 rings (SSSR count). The van der Waals surface area contributed by atoms with Crippen molar-refractivity contribution in [2.75, 3.05) is 11.5 Å². The highest BCUT2D eigenvalue weighted by Crippen LogP contribution is 2.38. The summed E-state index contributed by atoms with van der Waals surface area (Å²) in [6.07, 6.45) is -4.49. The van der Waals surface area contributed by atoms with Gasteiger partial charge in [0.05, 0.1) is 16.9 Å². The molecule has 0 atom stereocenters. The first-order valence-corrected chi connectivity index (χ1v) is 5.34. The van der Waals surface area contributed by atoms with Crippen molar-refractivity contribution in [1.29, 1.82) is 0 Å². The highest BCUT2D eigenvalue weighted by Gasteiger charge is 2.31. The highest BCUT2D eigenvalue weighted by atomic mass is 19.4. The van der Waals surface area contributed by atoms with E-state index in [1.54, 1.807) is 0 Å². The largest absolute Gasteiger partial charge is 0.508 e. The van der Waals surface area contributed by atoms with Crippen LogP contribution >= 0.6 is 0 Å². The lowest BCUT2D eigenvalue weighted by atomic mass is 9.99. The summed E-state index contributed by atoms with van der Waals surface area (Å²) in [4.78, 5) is 0. The molecule has 0 amide bonds. The fourth-order valence-electron chi connectivity index (χ4n) is 1.72. The van der Waals surface area contributed by atoms with Crippen molar-refractivity contribution in [3.8, 4) is 16.9 Å². The Morgan fingerprint density at radius 2 is 1.53 bits per heavy atom. The van der Waals surface area contributed by atoms with Gasteiger partial charge in [-0.1, -0.05) is 12.1 Å². The van der Waals surface area contributed by atoms with Gasteiger partial charge >= 0.3 is 6.18 Å². The molecule has 100 valence electrons. The summed E-state index contributed by atoms with van der Waals surface area (Å²) in [5.41, 5.74) is 11.0. The second-order valence-corrected chi connectivity index (χ2v) is 4.07. The summed E-state index contributed by atoms with van der Waals surface area (Å²) >= 11 is 0. The Morgan fingerprint density at radius 1 is 0.947 bits per heavy atom. The van der Waals surface area contributed by atoms with Crippen molar-refractivity contribution in [2.24, 2.45) is 0 Å². The molecule has 0 saturated heterocycles.